The second kappa shape index (κ2) is 10.9. The van der Waals surface area contributed by atoms with Crippen LogP contribution in [0.2, 0.25) is 0 Å². The number of fused-ring (bicyclic) bond motifs is 2. The summed E-state index contributed by atoms with van der Waals surface area (Å²) in [5.74, 6) is -0.729. The third-order valence-electron chi connectivity index (χ3n) is 6.63. The zero-order valence-electron chi connectivity index (χ0n) is 20.6. The summed E-state index contributed by atoms with van der Waals surface area (Å²) in [5.41, 5.74) is 2.75. The van der Waals surface area contributed by atoms with Gasteiger partial charge < -0.3 is 24.8 Å². The molecule has 0 aromatic heterocycles. The Morgan fingerprint density at radius 1 is 1.08 bits per heavy atom. The van der Waals surface area contributed by atoms with Crippen LogP contribution in [0.15, 0.2) is 84.9 Å². The first-order valence-corrected chi connectivity index (χ1v) is 12.4. The van der Waals surface area contributed by atoms with Crippen molar-refractivity contribution in [2.24, 2.45) is 0 Å². The average Bonchev–Trinajstić information content (AvgIpc) is 2.92. The molecule has 2 N–H and O–H groups in total. The smallest absolute Gasteiger partial charge is 0.341 e. The number of rotatable bonds is 9. The van der Waals surface area contributed by atoms with Crippen LogP contribution >= 0.6 is 0 Å². The predicted molar refractivity (Wildman–Crippen MR) is 142 cm³/mol. The zero-order chi connectivity index (χ0) is 25.8. The maximum atomic E-state index is 14.8. The highest BCUT2D eigenvalue weighted by Gasteiger charge is 2.29. The molecule has 5 rings (SSSR count). The summed E-state index contributed by atoms with van der Waals surface area (Å²) in [5, 5.41) is 14.9. The molecule has 0 bridgehead atoms. The molecule has 4 aromatic rings. The molecule has 0 spiro atoms. The van der Waals surface area contributed by atoms with Gasteiger partial charge in [-0.3, -0.25) is 0 Å². The lowest BCUT2D eigenvalue weighted by atomic mass is 9.99. The standard InChI is InChI=1S/C30H29FN2O4/c1-20(25-9-4-7-21-6-2-3-8-26(21)25)32-17-16-24-18-33(28-11-5-10-27(31)30(28)37-24)22-12-14-23(15-13-22)36-19-29(34)35/h2-15,20,24,32H,16-19H2,1H3,(H,34,35). The number of nitrogens with one attached hydrogen (secondary N) is 1. The lowest BCUT2D eigenvalue weighted by Gasteiger charge is -2.36. The van der Waals surface area contributed by atoms with Gasteiger partial charge in [0.05, 0.1) is 12.2 Å². The lowest BCUT2D eigenvalue weighted by Crippen LogP contribution is -2.39. The first-order valence-electron chi connectivity index (χ1n) is 12.4. The van der Waals surface area contributed by atoms with Crippen LogP contribution in [0.5, 0.6) is 11.5 Å². The van der Waals surface area contributed by atoms with Gasteiger partial charge >= 0.3 is 5.97 Å². The zero-order valence-corrected chi connectivity index (χ0v) is 20.6. The normalized spacial score (nSPS) is 15.6. The van der Waals surface area contributed by atoms with Crippen LogP contribution in [0, 0.1) is 5.82 Å². The second-order valence-electron chi connectivity index (χ2n) is 9.15. The molecule has 37 heavy (non-hydrogen) atoms. The quantitative estimate of drug-likeness (QED) is 0.290. The van der Waals surface area contributed by atoms with Gasteiger partial charge in [-0.05, 0) is 72.6 Å². The summed E-state index contributed by atoms with van der Waals surface area (Å²) in [6.07, 6.45) is 0.471. The molecule has 4 aromatic carbocycles. The van der Waals surface area contributed by atoms with E-state index in [1.54, 1.807) is 18.2 Å². The Hall–Kier alpha value is -4.10. The van der Waals surface area contributed by atoms with E-state index in [9.17, 15) is 9.18 Å². The SMILES string of the molecule is CC(NCCC1CN(c2ccc(OCC(=O)O)cc2)c2cccc(F)c2O1)c1cccc2ccccc12. The Morgan fingerprint density at radius 3 is 2.65 bits per heavy atom. The molecule has 0 fully saturated rings. The molecule has 1 heterocycles. The van der Waals surface area contributed by atoms with Crippen molar-refractivity contribution in [1.82, 2.24) is 5.32 Å². The van der Waals surface area contributed by atoms with E-state index in [0.29, 0.717) is 30.9 Å². The van der Waals surface area contributed by atoms with Gasteiger partial charge in [-0.25, -0.2) is 9.18 Å². The van der Waals surface area contributed by atoms with Crippen LogP contribution in [0.4, 0.5) is 15.8 Å². The third kappa shape index (κ3) is 5.52. The van der Waals surface area contributed by atoms with Gasteiger partial charge in [0.1, 0.15) is 11.9 Å². The van der Waals surface area contributed by atoms with Crippen molar-refractivity contribution in [3.05, 3.63) is 96.3 Å². The Morgan fingerprint density at radius 2 is 1.84 bits per heavy atom. The van der Waals surface area contributed by atoms with E-state index in [2.05, 4.69) is 48.6 Å². The van der Waals surface area contributed by atoms with Crippen LogP contribution in [0.1, 0.15) is 24.9 Å². The van der Waals surface area contributed by atoms with E-state index in [1.165, 1.54) is 22.4 Å². The van der Waals surface area contributed by atoms with Crippen LogP contribution in [0.3, 0.4) is 0 Å². The minimum atomic E-state index is -1.03. The van der Waals surface area contributed by atoms with E-state index >= 15 is 0 Å². The molecule has 0 aliphatic carbocycles. The molecule has 1 aliphatic heterocycles. The number of nitrogens with zero attached hydrogens (tertiary/aromatic N) is 1. The van der Waals surface area contributed by atoms with Crippen molar-refractivity contribution >= 4 is 28.1 Å². The van der Waals surface area contributed by atoms with E-state index in [1.807, 2.05) is 29.2 Å². The maximum Gasteiger partial charge on any atom is 0.341 e. The van der Waals surface area contributed by atoms with Gasteiger partial charge in [0.15, 0.2) is 18.2 Å². The van der Waals surface area contributed by atoms with Crippen molar-refractivity contribution in [2.75, 3.05) is 24.6 Å². The van der Waals surface area contributed by atoms with Crippen LogP contribution in [0.25, 0.3) is 10.8 Å². The number of hydrogen-bond acceptors (Lipinski definition) is 5. The molecular weight excluding hydrogens is 471 g/mol. The van der Waals surface area contributed by atoms with Crippen LogP contribution in [-0.4, -0.2) is 36.9 Å². The molecular formula is C30H29FN2O4. The summed E-state index contributed by atoms with van der Waals surface area (Å²) in [6.45, 7) is 3.00. The van der Waals surface area contributed by atoms with Gasteiger partial charge in [0.2, 0.25) is 0 Å². The fourth-order valence-corrected chi connectivity index (χ4v) is 4.79. The first-order chi connectivity index (χ1) is 18.0. The summed E-state index contributed by atoms with van der Waals surface area (Å²) >= 11 is 0. The van der Waals surface area contributed by atoms with E-state index < -0.39 is 18.4 Å². The molecule has 6 nitrogen and oxygen atoms in total. The number of anilines is 2. The fourth-order valence-electron chi connectivity index (χ4n) is 4.79. The molecule has 1 aliphatic rings. The Balaban J connectivity index is 1.28. The highest BCUT2D eigenvalue weighted by Crippen LogP contribution is 2.40. The molecule has 2 unspecified atom stereocenters. The van der Waals surface area contributed by atoms with E-state index in [4.69, 9.17) is 14.6 Å². The van der Waals surface area contributed by atoms with E-state index in [0.717, 1.165) is 5.69 Å². The number of carbonyl (C=O) groups is 1. The van der Waals surface area contributed by atoms with Gasteiger partial charge in [-0.15, -0.1) is 0 Å². The highest BCUT2D eigenvalue weighted by molar-refractivity contribution is 5.86. The fraction of sp³-hybridized carbons (Fsp3) is 0.233. The summed E-state index contributed by atoms with van der Waals surface area (Å²) in [6, 6.07) is 26.9. The molecule has 0 amide bonds. The number of ether oxygens (including phenoxy) is 2. The number of para-hydroxylation sites is 1. The van der Waals surface area contributed by atoms with Crippen molar-refractivity contribution in [3.63, 3.8) is 0 Å². The number of benzene rings is 4. The second-order valence-corrected chi connectivity index (χ2v) is 9.15. The number of carboxylic acid groups (broad SMARTS) is 1. The molecule has 7 heteroatoms. The monoisotopic (exact) mass is 500 g/mol. The van der Waals surface area contributed by atoms with E-state index in [-0.39, 0.29) is 17.9 Å². The number of hydrogen-bond donors (Lipinski definition) is 2. The predicted octanol–water partition coefficient (Wildman–Crippen LogP) is 6.08. The number of halogens is 1. The summed E-state index contributed by atoms with van der Waals surface area (Å²) in [4.78, 5) is 12.8. The molecule has 0 saturated carbocycles. The average molecular weight is 501 g/mol. The minimum Gasteiger partial charge on any atom is -0.483 e. The first kappa shape index (κ1) is 24.6. The largest absolute Gasteiger partial charge is 0.483 e. The van der Waals surface area contributed by atoms with Crippen molar-refractivity contribution < 1.29 is 23.8 Å². The maximum absolute atomic E-state index is 14.8. The molecule has 2 atom stereocenters. The molecule has 190 valence electrons. The molecule has 0 radical (unpaired) electrons. The summed E-state index contributed by atoms with van der Waals surface area (Å²) < 4.78 is 26.1. The van der Waals surface area contributed by atoms with Gasteiger partial charge in [-0.2, -0.15) is 0 Å². The van der Waals surface area contributed by atoms with Crippen LogP contribution < -0.4 is 19.7 Å². The van der Waals surface area contributed by atoms with Gasteiger partial charge in [0.25, 0.3) is 0 Å². The topological polar surface area (TPSA) is 71.0 Å². The third-order valence-corrected chi connectivity index (χ3v) is 6.63. The van der Waals surface area contributed by atoms with Crippen molar-refractivity contribution in [2.45, 2.75) is 25.5 Å². The van der Waals surface area contributed by atoms with Crippen molar-refractivity contribution in [1.29, 1.82) is 0 Å². The Kier molecular flexibility index (Phi) is 7.23. The van der Waals surface area contributed by atoms with Gasteiger partial charge in [0, 0.05) is 11.7 Å². The Labute approximate surface area is 215 Å². The van der Waals surface area contributed by atoms with Crippen molar-refractivity contribution in [3.8, 4) is 11.5 Å². The number of carboxylic acids is 1. The lowest BCUT2D eigenvalue weighted by molar-refractivity contribution is -0.139. The highest BCUT2D eigenvalue weighted by atomic mass is 19.1. The minimum absolute atomic E-state index is 0.146. The Bertz CT molecular complexity index is 1390. The molecule has 0 saturated heterocycles. The number of aliphatic carboxylic acids is 1. The summed E-state index contributed by atoms with van der Waals surface area (Å²) in [7, 11) is 0. The van der Waals surface area contributed by atoms with Gasteiger partial charge in [-0.1, -0.05) is 48.5 Å². The van der Waals surface area contributed by atoms with Crippen LogP contribution in [-0.2, 0) is 4.79 Å².